The van der Waals surface area contributed by atoms with E-state index in [1.165, 1.54) is 40.2 Å². The van der Waals surface area contributed by atoms with E-state index in [1.54, 1.807) is 12.1 Å². The highest BCUT2D eigenvalue weighted by atomic mass is 19.1. The van der Waals surface area contributed by atoms with E-state index in [1.807, 2.05) is 27.9 Å². The molecule has 7 heteroatoms. The molecule has 1 saturated heterocycles. The molecule has 1 N–H and O–H groups in total. The summed E-state index contributed by atoms with van der Waals surface area (Å²) in [6.07, 6.45) is 5.91. The van der Waals surface area contributed by atoms with Crippen LogP contribution in [-0.4, -0.2) is 46.9 Å². The average molecular weight is 576 g/mol. The van der Waals surface area contributed by atoms with Gasteiger partial charge in [-0.3, -0.25) is 0 Å². The van der Waals surface area contributed by atoms with Gasteiger partial charge < -0.3 is 15.1 Å². The third-order valence-corrected chi connectivity index (χ3v) is 9.64. The average Bonchev–Trinajstić information content (AvgIpc) is 3.67. The predicted molar refractivity (Wildman–Crippen MR) is 168 cm³/mol. The Bertz CT molecular complexity index is 1610. The molecule has 7 rings (SSSR count). The fourth-order valence-corrected chi connectivity index (χ4v) is 7.43. The maximum absolute atomic E-state index is 13.6. The van der Waals surface area contributed by atoms with Crippen LogP contribution in [0, 0.1) is 11.7 Å². The Kier molecular flexibility index (Phi) is 7.47. The van der Waals surface area contributed by atoms with Gasteiger partial charge in [0.2, 0.25) is 0 Å². The van der Waals surface area contributed by atoms with Gasteiger partial charge in [-0.05, 0) is 67.1 Å². The van der Waals surface area contributed by atoms with Crippen LogP contribution in [0.4, 0.5) is 14.9 Å². The van der Waals surface area contributed by atoms with Gasteiger partial charge in [-0.2, -0.15) is 5.10 Å². The van der Waals surface area contributed by atoms with Crippen molar-refractivity contribution in [1.82, 2.24) is 20.0 Å². The number of carbonyl (C=O) groups excluding carboxylic acids is 1. The Balaban J connectivity index is 1.07. The van der Waals surface area contributed by atoms with Gasteiger partial charge in [0.25, 0.3) is 0 Å². The number of nitrogens with one attached hydrogen (secondary N) is 1. The lowest BCUT2D eigenvalue weighted by Crippen LogP contribution is -2.52. The Morgan fingerprint density at radius 1 is 0.930 bits per heavy atom. The highest BCUT2D eigenvalue weighted by Crippen LogP contribution is 2.49. The topological polar surface area (TPSA) is 53.4 Å². The molecule has 2 aliphatic carbocycles. The molecule has 0 radical (unpaired) electrons. The van der Waals surface area contributed by atoms with Crippen LogP contribution < -0.4 is 10.2 Å². The van der Waals surface area contributed by atoms with Gasteiger partial charge in [0.15, 0.2) is 0 Å². The van der Waals surface area contributed by atoms with Crippen LogP contribution in [0.2, 0.25) is 0 Å². The largest absolute Gasteiger partial charge is 0.368 e. The molecule has 6 nitrogen and oxygen atoms in total. The smallest absolute Gasteiger partial charge is 0.318 e. The van der Waals surface area contributed by atoms with Crippen molar-refractivity contribution in [3.8, 4) is 5.69 Å². The van der Waals surface area contributed by atoms with Gasteiger partial charge >= 0.3 is 6.03 Å². The van der Waals surface area contributed by atoms with E-state index >= 15 is 0 Å². The highest BCUT2D eigenvalue weighted by molar-refractivity contribution is 5.75. The first kappa shape index (κ1) is 27.4. The van der Waals surface area contributed by atoms with Crippen LogP contribution >= 0.6 is 0 Å². The second kappa shape index (κ2) is 11.7. The summed E-state index contributed by atoms with van der Waals surface area (Å²) < 4.78 is 15.6. The molecular weight excluding hydrogens is 537 g/mol. The molecule has 0 saturated carbocycles. The van der Waals surface area contributed by atoms with Gasteiger partial charge in [-0.25, -0.2) is 13.9 Å². The van der Waals surface area contributed by atoms with Crippen LogP contribution in [-0.2, 0) is 6.42 Å². The minimum atomic E-state index is -0.240. The van der Waals surface area contributed by atoms with Gasteiger partial charge in [0.05, 0.1) is 23.6 Å². The fraction of sp³-hybridized carbons (Fsp3) is 0.333. The molecular formula is C36H38FN5O. The summed E-state index contributed by atoms with van der Waals surface area (Å²) in [5.41, 5.74) is 8.75. The number of anilines is 1. The maximum atomic E-state index is 13.6. The standard InChI is InChI=1S/C36H38FN5O/c1-25-32-24-38-42(31-16-14-29(37)15-17-31)34(32)23-28-13-12-27(35(25)28)22-33(26-8-4-2-5-9-26)39-36(43)41-20-18-40(19-21-41)30-10-6-3-7-11-30/h2-11,14-17,24-25,27,33H,12-13,18-23H2,1H3,(H,39,43)/t25-,27+,33?/m0/s1. The molecule has 1 aliphatic heterocycles. The molecule has 3 aliphatic rings. The predicted octanol–water partition coefficient (Wildman–Crippen LogP) is 7.04. The van der Waals surface area contributed by atoms with E-state index in [9.17, 15) is 9.18 Å². The first-order valence-electron chi connectivity index (χ1n) is 15.5. The molecule has 43 heavy (non-hydrogen) atoms. The maximum Gasteiger partial charge on any atom is 0.318 e. The molecule has 0 spiro atoms. The number of aromatic nitrogens is 2. The zero-order valence-electron chi connectivity index (χ0n) is 24.6. The van der Waals surface area contributed by atoms with Gasteiger partial charge in [-0.1, -0.05) is 66.6 Å². The summed E-state index contributed by atoms with van der Waals surface area (Å²) in [4.78, 5) is 17.9. The number of para-hydroxylation sites is 1. The van der Waals surface area contributed by atoms with Crippen molar-refractivity contribution >= 4 is 11.7 Å². The summed E-state index contributed by atoms with van der Waals surface area (Å²) >= 11 is 0. The fourth-order valence-electron chi connectivity index (χ4n) is 7.43. The first-order chi connectivity index (χ1) is 21.0. The van der Waals surface area contributed by atoms with Crippen LogP contribution in [0.25, 0.3) is 5.69 Å². The molecule has 2 heterocycles. The second-order valence-electron chi connectivity index (χ2n) is 12.1. The van der Waals surface area contributed by atoms with Crippen molar-refractivity contribution in [3.63, 3.8) is 0 Å². The highest BCUT2D eigenvalue weighted by Gasteiger charge is 2.37. The molecule has 0 bridgehead atoms. The molecule has 220 valence electrons. The zero-order chi connectivity index (χ0) is 29.3. The molecule has 3 aromatic carbocycles. The second-order valence-corrected chi connectivity index (χ2v) is 12.1. The minimum absolute atomic E-state index is 0.0216. The van der Waals surface area contributed by atoms with E-state index in [0.29, 0.717) is 19.0 Å². The van der Waals surface area contributed by atoms with Crippen LogP contribution in [0.1, 0.15) is 55.0 Å². The van der Waals surface area contributed by atoms with E-state index in [4.69, 9.17) is 5.10 Å². The quantitative estimate of drug-likeness (QED) is 0.251. The third-order valence-electron chi connectivity index (χ3n) is 9.64. The lowest BCUT2D eigenvalue weighted by atomic mass is 9.78. The Labute approximate surface area is 252 Å². The zero-order valence-corrected chi connectivity index (χ0v) is 24.6. The summed E-state index contributed by atoms with van der Waals surface area (Å²) in [6.45, 7) is 5.37. The first-order valence-corrected chi connectivity index (χ1v) is 15.5. The van der Waals surface area contributed by atoms with Crippen molar-refractivity contribution in [2.75, 3.05) is 31.1 Å². The van der Waals surface area contributed by atoms with Crippen molar-refractivity contribution in [3.05, 3.63) is 125 Å². The molecule has 1 aromatic heterocycles. The molecule has 4 aromatic rings. The third kappa shape index (κ3) is 5.44. The number of fused-ring (bicyclic) bond motifs is 1. The van der Waals surface area contributed by atoms with Crippen molar-refractivity contribution < 1.29 is 9.18 Å². The molecule has 2 amide bonds. The summed E-state index contributed by atoms with van der Waals surface area (Å²) in [5.74, 6) is 0.419. The van der Waals surface area contributed by atoms with Crippen LogP contribution in [0.3, 0.4) is 0 Å². The molecule has 3 atom stereocenters. The van der Waals surface area contributed by atoms with E-state index in [2.05, 4.69) is 65.7 Å². The summed E-state index contributed by atoms with van der Waals surface area (Å²) in [7, 11) is 0. The van der Waals surface area contributed by atoms with E-state index in [-0.39, 0.29) is 23.8 Å². The molecule has 1 fully saturated rings. The van der Waals surface area contributed by atoms with Crippen LogP contribution in [0.5, 0.6) is 0 Å². The van der Waals surface area contributed by atoms with Crippen molar-refractivity contribution in [2.24, 2.45) is 5.92 Å². The number of halogens is 1. The number of urea groups is 1. The van der Waals surface area contributed by atoms with E-state index < -0.39 is 0 Å². The summed E-state index contributed by atoms with van der Waals surface area (Å²) in [5, 5.41) is 8.17. The normalized spacial score (nSPS) is 20.5. The lowest BCUT2D eigenvalue weighted by molar-refractivity contribution is 0.188. The number of amides is 2. The molecule has 1 unspecified atom stereocenters. The Morgan fingerprint density at radius 2 is 1.63 bits per heavy atom. The lowest BCUT2D eigenvalue weighted by Gasteiger charge is -2.37. The van der Waals surface area contributed by atoms with Crippen molar-refractivity contribution in [1.29, 1.82) is 0 Å². The number of hydrogen-bond acceptors (Lipinski definition) is 3. The van der Waals surface area contributed by atoms with Gasteiger partial charge in [0, 0.05) is 49.8 Å². The number of benzene rings is 3. The number of hydrogen-bond donors (Lipinski definition) is 1. The van der Waals surface area contributed by atoms with Gasteiger partial charge in [0.1, 0.15) is 5.82 Å². The van der Waals surface area contributed by atoms with Crippen LogP contribution in [0.15, 0.2) is 102 Å². The summed E-state index contributed by atoms with van der Waals surface area (Å²) in [6, 6.07) is 27.4. The number of rotatable bonds is 6. The number of nitrogens with zero attached hydrogens (tertiary/aromatic N) is 4. The SMILES string of the molecule is C[C@@H]1C2=C(CC[C@@H]2CC(NC(=O)N2CCN(c3ccccc3)CC2)c2ccccc2)Cc2c1cnn2-c1ccc(F)cc1. The number of piperazine rings is 1. The Hall–Kier alpha value is -4.39. The number of allylic oxidation sites excluding steroid dienone is 2. The van der Waals surface area contributed by atoms with Crippen molar-refractivity contribution in [2.45, 2.75) is 44.6 Å². The van der Waals surface area contributed by atoms with E-state index in [0.717, 1.165) is 50.0 Å². The monoisotopic (exact) mass is 575 g/mol. The minimum Gasteiger partial charge on any atom is -0.368 e. The Morgan fingerprint density at radius 3 is 2.35 bits per heavy atom. The number of carbonyl (C=O) groups is 1. The van der Waals surface area contributed by atoms with Gasteiger partial charge in [-0.15, -0.1) is 0 Å².